The summed E-state index contributed by atoms with van der Waals surface area (Å²) in [6.07, 6.45) is 0. The van der Waals surface area contributed by atoms with Crippen LogP contribution < -0.4 is 5.32 Å². The molecule has 2 aromatic carbocycles. The minimum atomic E-state index is -0.287. The number of aryl methyl sites for hydroxylation is 1. The number of hydrogen-bond acceptors (Lipinski definition) is 1. The van der Waals surface area contributed by atoms with Crippen molar-refractivity contribution in [2.75, 3.05) is 5.32 Å². The van der Waals surface area contributed by atoms with Gasteiger partial charge in [-0.15, -0.1) is 0 Å². The zero-order chi connectivity index (χ0) is 13.1. The Balaban J connectivity index is 2.06. The van der Waals surface area contributed by atoms with Crippen molar-refractivity contribution < 1.29 is 8.78 Å². The van der Waals surface area contributed by atoms with Crippen molar-refractivity contribution in [1.29, 1.82) is 0 Å². The molecule has 0 spiro atoms. The van der Waals surface area contributed by atoms with E-state index < -0.39 is 0 Å². The molecule has 0 aliphatic heterocycles. The maximum absolute atomic E-state index is 13.3. The Kier molecular flexibility index (Phi) is 3.97. The van der Waals surface area contributed by atoms with Gasteiger partial charge in [0.2, 0.25) is 0 Å². The molecular formula is C14H12BrF2N. The van der Waals surface area contributed by atoms with E-state index in [1.54, 1.807) is 25.1 Å². The minimum absolute atomic E-state index is 0.227. The average Bonchev–Trinajstić information content (AvgIpc) is 2.35. The highest BCUT2D eigenvalue weighted by molar-refractivity contribution is 9.10. The second kappa shape index (κ2) is 5.48. The molecule has 18 heavy (non-hydrogen) atoms. The van der Waals surface area contributed by atoms with Crippen molar-refractivity contribution >= 4 is 21.6 Å². The summed E-state index contributed by atoms with van der Waals surface area (Å²) >= 11 is 3.11. The SMILES string of the molecule is Cc1cc(NCc2ccc(Br)c(F)c2)ccc1F. The molecule has 94 valence electrons. The number of benzene rings is 2. The Morgan fingerprint density at radius 3 is 2.50 bits per heavy atom. The standard InChI is InChI=1S/C14H12BrF2N/c1-9-6-11(3-5-13(9)16)18-8-10-2-4-12(15)14(17)7-10/h2-7,18H,8H2,1H3. The predicted octanol–water partition coefficient (Wildman–Crippen LogP) is 4.65. The van der Waals surface area contributed by atoms with Crippen LogP contribution in [0.3, 0.4) is 0 Å². The van der Waals surface area contributed by atoms with Crippen molar-refractivity contribution in [3.63, 3.8) is 0 Å². The predicted molar refractivity (Wildman–Crippen MR) is 72.6 cm³/mol. The summed E-state index contributed by atoms with van der Waals surface area (Å²) in [5.74, 6) is -0.514. The van der Waals surface area contributed by atoms with Crippen molar-refractivity contribution in [1.82, 2.24) is 0 Å². The lowest BCUT2D eigenvalue weighted by atomic mass is 10.2. The molecule has 2 aromatic rings. The smallest absolute Gasteiger partial charge is 0.137 e. The summed E-state index contributed by atoms with van der Waals surface area (Å²) in [5.41, 5.74) is 2.23. The monoisotopic (exact) mass is 311 g/mol. The van der Waals surface area contributed by atoms with Gasteiger partial charge in [-0.05, 0) is 64.3 Å². The maximum atomic E-state index is 13.3. The minimum Gasteiger partial charge on any atom is -0.381 e. The van der Waals surface area contributed by atoms with Crippen LogP contribution in [0.25, 0.3) is 0 Å². The first kappa shape index (κ1) is 13.0. The maximum Gasteiger partial charge on any atom is 0.137 e. The summed E-state index contributed by atoms with van der Waals surface area (Å²) < 4.78 is 26.8. The number of halogens is 3. The van der Waals surface area contributed by atoms with Gasteiger partial charge in [-0.1, -0.05) is 6.07 Å². The number of nitrogens with one attached hydrogen (secondary N) is 1. The Morgan fingerprint density at radius 2 is 1.83 bits per heavy atom. The van der Waals surface area contributed by atoms with E-state index in [-0.39, 0.29) is 11.6 Å². The zero-order valence-electron chi connectivity index (χ0n) is 9.81. The first-order valence-corrected chi connectivity index (χ1v) is 6.29. The lowest BCUT2D eigenvalue weighted by molar-refractivity contribution is 0.618. The van der Waals surface area contributed by atoms with Crippen LogP contribution in [0.5, 0.6) is 0 Å². The van der Waals surface area contributed by atoms with Gasteiger partial charge in [0.05, 0.1) is 4.47 Å². The van der Waals surface area contributed by atoms with Gasteiger partial charge in [0.25, 0.3) is 0 Å². The van der Waals surface area contributed by atoms with Crippen LogP contribution in [0.15, 0.2) is 40.9 Å². The third kappa shape index (κ3) is 3.07. The fraction of sp³-hybridized carbons (Fsp3) is 0.143. The second-order valence-corrected chi connectivity index (χ2v) is 4.92. The lowest BCUT2D eigenvalue weighted by Gasteiger charge is -2.08. The highest BCUT2D eigenvalue weighted by atomic mass is 79.9. The van der Waals surface area contributed by atoms with Crippen LogP contribution in [-0.2, 0) is 6.54 Å². The summed E-state index contributed by atoms with van der Waals surface area (Å²) in [6, 6.07) is 9.77. The first-order valence-electron chi connectivity index (χ1n) is 5.50. The van der Waals surface area contributed by atoms with Crippen LogP contribution in [-0.4, -0.2) is 0 Å². The third-order valence-electron chi connectivity index (χ3n) is 2.64. The van der Waals surface area contributed by atoms with E-state index >= 15 is 0 Å². The van der Waals surface area contributed by atoms with Gasteiger partial charge in [-0.2, -0.15) is 0 Å². The molecule has 0 radical (unpaired) electrons. The molecule has 0 heterocycles. The summed E-state index contributed by atoms with van der Waals surface area (Å²) in [6.45, 7) is 2.20. The van der Waals surface area contributed by atoms with Crippen molar-refractivity contribution in [2.45, 2.75) is 13.5 Å². The van der Waals surface area contributed by atoms with E-state index in [1.807, 2.05) is 6.07 Å². The van der Waals surface area contributed by atoms with E-state index in [1.165, 1.54) is 12.1 Å². The van der Waals surface area contributed by atoms with Gasteiger partial charge < -0.3 is 5.32 Å². The van der Waals surface area contributed by atoms with Gasteiger partial charge in [-0.3, -0.25) is 0 Å². The van der Waals surface area contributed by atoms with E-state index in [0.717, 1.165) is 11.3 Å². The lowest BCUT2D eigenvalue weighted by Crippen LogP contribution is -2.00. The molecule has 1 nitrogen and oxygen atoms in total. The Bertz CT molecular complexity index is 518. The number of rotatable bonds is 3. The van der Waals surface area contributed by atoms with Gasteiger partial charge in [0.1, 0.15) is 11.6 Å². The van der Waals surface area contributed by atoms with Crippen LogP contribution in [0, 0.1) is 18.6 Å². The van der Waals surface area contributed by atoms with Crippen LogP contribution in [0.1, 0.15) is 11.1 Å². The summed E-state index contributed by atoms with van der Waals surface area (Å²) in [7, 11) is 0. The fourth-order valence-corrected chi connectivity index (χ4v) is 1.85. The van der Waals surface area contributed by atoms with E-state index in [2.05, 4.69) is 21.2 Å². The number of hydrogen-bond donors (Lipinski definition) is 1. The molecule has 0 bridgehead atoms. The van der Waals surface area contributed by atoms with Crippen molar-refractivity contribution in [2.24, 2.45) is 0 Å². The molecule has 0 fully saturated rings. The molecule has 0 atom stereocenters. The second-order valence-electron chi connectivity index (χ2n) is 4.07. The molecule has 0 saturated carbocycles. The van der Waals surface area contributed by atoms with Crippen LogP contribution in [0.4, 0.5) is 14.5 Å². The van der Waals surface area contributed by atoms with Crippen LogP contribution in [0.2, 0.25) is 0 Å². The summed E-state index contributed by atoms with van der Waals surface area (Å²) in [5, 5.41) is 3.13. The van der Waals surface area contributed by atoms with Gasteiger partial charge in [-0.25, -0.2) is 8.78 Å². The van der Waals surface area contributed by atoms with Gasteiger partial charge in [0.15, 0.2) is 0 Å². The molecular weight excluding hydrogens is 300 g/mol. The molecule has 4 heteroatoms. The quantitative estimate of drug-likeness (QED) is 0.870. The molecule has 0 aliphatic carbocycles. The van der Waals surface area contributed by atoms with E-state index in [4.69, 9.17) is 0 Å². The Labute approximate surface area is 113 Å². The molecule has 0 saturated heterocycles. The highest BCUT2D eigenvalue weighted by Crippen LogP contribution is 2.18. The topological polar surface area (TPSA) is 12.0 Å². The normalized spacial score (nSPS) is 10.4. The molecule has 0 amide bonds. The zero-order valence-corrected chi connectivity index (χ0v) is 11.4. The molecule has 1 N–H and O–H groups in total. The van der Waals surface area contributed by atoms with E-state index in [9.17, 15) is 8.78 Å². The van der Waals surface area contributed by atoms with Crippen molar-refractivity contribution in [3.05, 3.63) is 63.6 Å². The molecule has 0 aliphatic rings. The highest BCUT2D eigenvalue weighted by Gasteiger charge is 2.02. The fourth-order valence-electron chi connectivity index (χ4n) is 1.61. The van der Waals surface area contributed by atoms with Crippen LogP contribution >= 0.6 is 15.9 Å². The Hall–Kier alpha value is -1.42. The van der Waals surface area contributed by atoms with Crippen molar-refractivity contribution in [3.8, 4) is 0 Å². The third-order valence-corrected chi connectivity index (χ3v) is 3.28. The summed E-state index contributed by atoms with van der Waals surface area (Å²) in [4.78, 5) is 0. The molecule has 2 rings (SSSR count). The Morgan fingerprint density at radius 1 is 1.06 bits per heavy atom. The first-order chi connectivity index (χ1) is 8.56. The molecule has 0 aromatic heterocycles. The van der Waals surface area contributed by atoms with Gasteiger partial charge >= 0.3 is 0 Å². The van der Waals surface area contributed by atoms with Gasteiger partial charge in [0, 0.05) is 12.2 Å². The number of anilines is 1. The van der Waals surface area contributed by atoms with E-state index in [0.29, 0.717) is 16.6 Å². The average molecular weight is 312 g/mol. The molecule has 0 unspecified atom stereocenters. The largest absolute Gasteiger partial charge is 0.381 e.